The van der Waals surface area contributed by atoms with Crippen molar-refractivity contribution in [2.45, 2.75) is 19.3 Å². The smallest absolute Gasteiger partial charge is 0.328 e. The van der Waals surface area contributed by atoms with Crippen LogP contribution in [0.15, 0.2) is 12.2 Å². The first-order valence-corrected chi connectivity index (χ1v) is 4.47. The number of rotatable bonds is 2. The molecule has 0 unspecified atom stereocenters. The fourth-order valence-electron chi connectivity index (χ4n) is 0.944. The molecule has 0 radical (unpaired) electrons. The molecule has 1 heterocycles. The quantitative estimate of drug-likeness (QED) is 0.548. The van der Waals surface area contributed by atoms with Crippen LogP contribution in [0.25, 0.3) is 0 Å². The molecule has 0 amide bonds. The molecule has 0 aromatic rings. The Hall–Kier alpha value is -1.40. The first-order valence-electron chi connectivity index (χ1n) is 4.47. The molecule has 6 heteroatoms. The molecule has 1 fully saturated rings. The van der Waals surface area contributed by atoms with Crippen LogP contribution in [-0.4, -0.2) is 40.7 Å². The third-order valence-corrected chi connectivity index (χ3v) is 1.58. The number of carboxylic acid groups (broad SMARTS) is 2. The van der Waals surface area contributed by atoms with E-state index in [4.69, 9.17) is 10.2 Å². The lowest BCUT2D eigenvalue weighted by Crippen LogP contribution is -2.21. The number of nitrogens with one attached hydrogen (secondary N) is 1. The molecular formula is C9H17NO5. The highest BCUT2D eigenvalue weighted by atomic mass is 16.4. The highest BCUT2D eigenvalue weighted by Gasteiger charge is 1.93. The van der Waals surface area contributed by atoms with Crippen molar-refractivity contribution in [3.8, 4) is 0 Å². The zero-order valence-corrected chi connectivity index (χ0v) is 8.40. The lowest BCUT2D eigenvalue weighted by Gasteiger charge is -2.08. The maximum Gasteiger partial charge on any atom is 0.328 e. The molecule has 0 bridgehead atoms. The first-order chi connectivity index (χ1) is 6.63. The molecule has 0 spiro atoms. The Morgan fingerprint density at radius 2 is 1.33 bits per heavy atom. The van der Waals surface area contributed by atoms with Crippen molar-refractivity contribution >= 4 is 11.9 Å². The Balaban J connectivity index is 0. The largest absolute Gasteiger partial charge is 0.478 e. The number of hydrogen-bond acceptors (Lipinski definition) is 3. The number of aliphatic carboxylic acids is 2. The molecule has 0 saturated carbocycles. The molecule has 0 aromatic heterocycles. The summed E-state index contributed by atoms with van der Waals surface area (Å²) in [5.41, 5.74) is 0. The van der Waals surface area contributed by atoms with Gasteiger partial charge in [-0.3, -0.25) is 0 Å². The summed E-state index contributed by atoms with van der Waals surface area (Å²) < 4.78 is 0. The van der Waals surface area contributed by atoms with E-state index in [9.17, 15) is 9.59 Å². The van der Waals surface area contributed by atoms with Gasteiger partial charge in [0, 0.05) is 12.2 Å². The van der Waals surface area contributed by atoms with Crippen LogP contribution in [0.1, 0.15) is 19.3 Å². The second-order valence-corrected chi connectivity index (χ2v) is 2.82. The number of piperidine rings is 1. The van der Waals surface area contributed by atoms with Gasteiger partial charge in [-0.1, -0.05) is 6.42 Å². The molecule has 0 atom stereocenters. The molecule has 1 saturated heterocycles. The Morgan fingerprint density at radius 3 is 1.47 bits per heavy atom. The van der Waals surface area contributed by atoms with Crippen molar-refractivity contribution < 1.29 is 25.3 Å². The van der Waals surface area contributed by atoms with Gasteiger partial charge in [-0.15, -0.1) is 0 Å². The average Bonchev–Trinajstić information content (AvgIpc) is 2.18. The predicted molar refractivity (Wildman–Crippen MR) is 54.7 cm³/mol. The van der Waals surface area contributed by atoms with Gasteiger partial charge in [-0.05, 0) is 25.9 Å². The lowest BCUT2D eigenvalue weighted by atomic mass is 10.2. The molecule has 1 aliphatic rings. The first kappa shape index (κ1) is 16.0. The van der Waals surface area contributed by atoms with Gasteiger partial charge < -0.3 is 21.0 Å². The third-order valence-electron chi connectivity index (χ3n) is 1.58. The van der Waals surface area contributed by atoms with Crippen molar-refractivity contribution in [1.29, 1.82) is 0 Å². The van der Waals surface area contributed by atoms with Gasteiger partial charge in [0.15, 0.2) is 0 Å². The maximum atomic E-state index is 9.55. The summed E-state index contributed by atoms with van der Waals surface area (Å²) in [5, 5.41) is 18.9. The highest BCUT2D eigenvalue weighted by Crippen LogP contribution is 1.96. The van der Waals surface area contributed by atoms with Gasteiger partial charge in [-0.25, -0.2) is 9.59 Å². The Morgan fingerprint density at radius 1 is 0.933 bits per heavy atom. The van der Waals surface area contributed by atoms with Crippen molar-refractivity contribution in [1.82, 2.24) is 5.32 Å². The fraction of sp³-hybridized carbons (Fsp3) is 0.556. The molecule has 0 aliphatic carbocycles. The van der Waals surface area contributed by atoms with Crippen LogP contribution in [0.5, 0.6) is 0 Å². The summed E-state index contributed by atoms with van der Waals surface area (Å²) in [6.07, 6.45) is 5.33. The van der Waals surface area contributed by atoms with Gasteiger partial charge in [0.1, 0.15) is 0 Å². The van der Waals surface area contributed by atoms with Crippen LogP contribution in [-0.2, 0) is 9.59 Å². The third kappa shape index (κ3) is 15.4. The molecule has 5 N–H and O–H groups in total. The molecular weight excluding hydrogens is 202 g/mol. The van der Waals surface area contributed by atoms with E-state index >= 15 is 0 Å². The number of carboxylic acids is 2. The minimum atomic E-state index is -1.26. The predicted octanol–water partition coefficient (Wildman–Crippen LogP) is -0.353. The second kappa shape index (κ2) is 10.7. The van der Waals surface area contributed by atoms with E-state index in [0.29, 0.717) is 12.2 Å². The van der Waals surface area contributed by atoms with E-state index < -0.39 is 11.9 Å². The van der Waals surface area contributed by atoms with Crippen molar-refractivity contribution in [2.75, 3.05) is 13.1 Å². The Bertz CT molecular complexity index is 183. The van der Waals surface area contributed by atoms with E-state index in [1.807, 2.05) is 0 Å². The maximum absolute atomic E-state index is 9.55. The lowest BCUT2D eigenvalue weighted by molar-refractivity contribution is -0.134. The van der Waals surface area contributed by atoms with Crippen molar-refractivity contribution in [3.05, 3.63) is 12.2 Å². The Kier molecular flexibility index (Phi) is 11.4. The highest BCUT2D eigenvalue weighted by molar-refractivity contribution is 5.89. The minimum absolute atomic E-state index is 0. The molecule has 15 heavy (non-hydrogen) atoms. The zero-order valence-electron chi connectivity index (χ0n) is 8.40. The number of hydrogen-bond donors (Lipinski definition) is 3. The van der Waals surface area contributed by atoms with Crippen LogP contribution in [0.2, 0.25) is 0 Å². The van der Waals surface area contributed by atoms with Crippen LogP contribution in [0.4, 0.5) is 0 Å². The molecule has 1 rings (SSSR count). The van der Waals surface area contributed by atoms with E-state index in [0.717, 1.165) is 0 Å². The summed E-state index contributed by atoms with van der Waals surface area (Å²) in [6.45, 7) is 2.50. The standard InChI is InChI=1S/C5H11N.C4H4O4.H2O/c1-2-4-6-5-3-1;5-3(6)1-2-4(7)8;/h6H,1-5H2;1-2H,(H,5,6)(H,7,8);1H2. The van der Waals surface area contributed by atoms with Gasteiger partial charge in [0.25, 0.3) is 0 Å². The molecule has 1 aliphatic heterocycles. The SMILES string of the molecule is C1CCNCC1.O.O=C(O)C=CC(=O)O. The molecule has 88 valence electrons. The van der Waals surface area contributed by atoms with Crippen molar-refractivity contribution in [2.24, 2.45) is 0 Å². The van der Waals surface area contributed by atoms with E-state index in [1.165, 1.54) is 32.4 Å². The summed E-state index contributed by atoms with van der Waals surface area (Å²) in [6, 6.07) is 0. The van der Waals surface area contributed by atoms with E-state index in [1.54, 1.807) is 0 Å². The molecule has 6 nitrogen and oxygen atoms in total. The molecule has 0 aromatic carbocycles. The normalized spacial score (nSPS) is 14.7. The summed E-state index contributed by atoms with van der Waals surface area (Å²) >= 11 is 0. The van der Waals surface area contributed by atoms with Crippen molar-refractivity contribution in [3.63, 3.8) is 0 Å². The van der Waals surface area contributed by atoms with Gasteiger partial charge >= 0.3 is 11.9 Å². The fourth-order valence-corrected chi connectivity index (χ4v) is 0.944. The minimum Gasteiger partial charge on any atom is -0.478 e. The number of carbonyl (C=O) groups is 2. The Labute approximate surface area is 87.9 Å². The van der Waals surface area contributed by atoms with Gasteiger partial charge in [-0.2, -0.15) is 0 Å². The van der Waals surface area contributed by atoms with Gasteiger partial charge in [0.05, 0.1) is 0 Å². The summed E-state index contributed by atoms with van der Waals surface area (Å²) in [4.78, 5) is 19.1. The monoisotopic (exact) mass is 219 g/mol. The van der Waals surface area contributed by atoms with Crippen LogP contribution in [0.3, 0.4) is 0 Å². The second-order valence-electron chi connectivity index (χ2n) is 2.82. The van der Waals surface area contributed by atoms with Crippen LogP contribution < -0.4 is 5.32 Å². The summed E-state index contributed by atoms with van der Waals surface area (Å²) in [7, 11) is 0. The van der Waals surface area contributed by atoms with Crippen LogP contribution in [0, 0.1) is 0 Å². The van der Waals surface area contributed by atoms with E-state index in [2.05, 4.69) is 5.32 Å². The zero-order chi connectivity index (χ0) is 10.8. The van der Waals surface area contributed by atoms with Crippen LogP contribution >= 0.6 is 0 Å². The van der Waals surface area contributed by atoms with Gasteiger partial charge in [0.2, 0.25) is 0 Å². The average molecular weight is 219 g/mol. The van der Waals surface area contributed by atoms with E-state index in [-0.39, 0.29) is 5.48 Å². The summed E-state index contributed by atoms with van der Waals surface area (Å²) in [5.74, 6) is -2.51. The topological polar surface area (TPSA) is 118 Å².